The first-order valence-corrected chi connectivity index (χ1v) is 5.99. The summed E-state index contributed by atoms with van der Waals surface area (Å²) in [7, 11) is 0. The molecule has 0 unspecified atom stereocenters. The van der Waals surface area contributed by atoms with Gasteiger partial charge in [-0.3, -0.25) is 0 Å². The van der Waals surface area contributed by atoms with E-state index in [1.165, 1.54) is 64.6 Å². The number of nitrogens with zero attached hydrogens (tertiary/aromatic N) is 1. The molecular formula is C12H24N2. The van der Waals surface area contributed by atoms with Gasteiger partial charge in [0.2, 0.25) is 0 Å². The minimum absolute atomic E-state index is 1.37. The lowest BCUT2D eigenvalue weighted by Gasteiger charge is -2.10. The van der Waals surface area contributed by atoms with Gasteiger partial charge in [-0.15, -0.1) is 0 Å². The molecule has 1 fully saturated rings. The van der Waals surface area contributed by atoms with E-state index in [1.54, 1.807) is 0 Å². The van der Waals surface area contributed by atoms with Crippen LogP contribution in [0.25, 0.3) is 0 Å². The summed E-state index contributed by atoms with van der Waals surface area (Å²) in [6.45, 7) is 11.4. The second kappa shape index (κ2) is 10.5. The average Bonchev–Trinajstić information content (AvgIpc) is 2.74. The number of nitrogens with one attached hydrogen (secondary N) is 1. The quantitative estimate of drug-likeness (QED) is 0.508. The fraction of sp³-hybridized carbons (Fsp3) is 0.917. The lowest BCUT2D eigenvalue weighted by atomic mass is 10.1. The van der Waals surface area contributed by atoms with Crippen LogP contribution in [0.1, 0.15) is 51.9 Å². The maximum Gasteiger partial charge on any atom is 0.0773 e. The van der Waals surface area contributed by atoms with Crippen LogP contribution >= 0.6 is 0 Å². The Balaban J connectivity index is 0.000000791. The molecule has 0 saturated carbocycles. The highest BCUT2D eigenvalue weighted by molar-refractivity contribution is 4.46. The first-order chi connectivity index (χ1) is 6.93. The van der Waals surface area contributed by atoms with E-state index in [4.69, 9.17) is 11.8 Å². The SMILES string of the molecule is CCCCCCC[NH+]1CCCC1.[C-]#N. The summed E-state index contributed by atoms with van der Waals surface area (Å²) in [6, 6.07) is 0. The van der Waals surface area contributed by atoms with E-state index < -0.39 is 0 Å². The molecule has 82 valence electrons. The largest absolute Gasteiger partial charge is 0.512 e. The van der Waals surface area contributed by atoms with Gasteiger partial charge in [-0.25, -0.2) is 0 Å². The van der Waals surface area contributed by atoms with Gasteiger partial charge in [-0.1, -0.05) is 26.2 Å². The molecular weight excluding hydrogens is 172 g/mol. The molecule has 2 nitrogen and oxygen atoms in total. The third kappa shape index (κ3) is 6.91. The Kier molecular flexibility index (Phi) is 10.1. The maximum absolute atomic E-state index is 6.25. The summed E-state index contributed by atoms with van der Waals surface area (Å²) in [4.78, 5) is 1.87. The first-order valence-electron chi connectivity index (χ1n) is 5.99. The highest BCUT2D eigenvalue weighted by atomic mass is 15.1. The number of hydrogen-bond donors (Lipinski definition) is 1. The summed E-state index contributed by atoms with van der Waals surface area (Å²) < 4.78 is 0. The topological polar surface area (TPSA) is 28.2 Å². The van der Waals surface area contributed by atoms with Crippen LogP contribution in [0, 0.1) is 11.8 Å². The lowest BCUT2D eigenvalue weighted by Crippen LogP contribution is -3.09. The molecule has 1 saturated heterocycles. The Bertz CT molecular complexity index is 126. The van der Waals surface area contributed by atoms with Crippen molar-refractivity contribution in [1.82, 2.24) is 0 Å². The highest BCUT2D eigenvalue weighted by Gasteiger charge is 2.13. The summed E-state index contributed by atoms with van der Waals surface area (Å²) in [5.41, 5.74) is 0. The molecule has 1 aliphatic heterocycles. The third-order valence-electron chi connectivity index (χ3n) is 2.94. The highest BCUT2D eigenvalue weighted by Crippen LogP contribution is 2.00. The van der Waals surface area contributed by atoms with E-state index in [2.05, 4.69) is 6.92 Å². The predicted molar refractivity (Wildman–Crippen MR) is 58.5 cm³/mol. The molecule has 0 radical (unpaired) electrons. The van der Waals surface area contributed by atoms with Crippen LogP contribution in [0.4, 0.5) is 0 Å². The van der Waals surface area contributed by atoms with Crippen molar-refractivity contribution in [2.45, 2.75) is 51.9 Å². The minimum Gasteiger partial charge on any atom is -0.512 e. The molecule has 0 aliphatic carbocycles. The molecule has 14 heavy (non-hydrogen) atoms. The van der Waals surface area contributed by atoms with Crippen LogP contribution in [0.5, 0.6) is 0 Å². The summed E-state index contributed by atoms with van der Waals surface area (Å²) in [6.07, 6.45) is 10.2. The van der Waals surface area contributed by atoms with Gasteiger partial charge in [0, 0.05) is 12.8 Å². The number of likely N-dealkylation sites (tertiary alicyclic amines) is 1. The Morgan fingerprint density at radius 2 is 1.57 bits per heavy atom. The van der Waals surface area contributed by atoms with Crippen molar-refractivity contribution < 1.29 is 4.90 Å². The van der Waals surface area contributed by atoms with Gasteiger partial charge in [0.15, 0.2) is 0 Å². The second-order valence-electron chi connectivity index (χ2n) is 4.12. The number of quaternary nitrogens is 1. The molecule has 0 aromatic heterocycles. The Morgan fingerprint density at radius 1 is 1.00 bits per heavy atom. The molecule has 1 rings (SSSR count). The van der Waals surface area contributed by atoms with Crippen molar-refractivity contribution in [2.24, 2.45) is 0 Å². The first kappa shape index (κ1) is 13.4. The predicted octanol–water partition coefficient (Wildman–Crippen LogP) is 1.73. The van der Waals surface area contributed by atoms with Crippen molar-refractivity contribution in [3.8, 4) is 0 Å². The van der Waals surface area contributed by atoms with Crippen LogP contribution in [0.15, 0.2) is 0 Å². The van der Waals surface area contributed by atoms with Crippen LogP contribution in [0.3, 0.4) is 0 Å². The molecule has 1 heterocycles. The Labute approximate surface area is 88.9 Å². The smallest absolute Gasteiger partial charge is 0.0773 e. The standard InChI is InChI=1S/C11H23N.CN/c1-2-3-4-5-6-9-12-10-7-8-11-12;1-2/h2-11H2,1H3;/q;-1/p+1. The monoisotopic (exact) mass is 196 g/mol. The van der Waals surface area contributed by atoms with Gasteiger partial charge >= 0.3 is 0 Å². The Morgan fingerprint density at radius 3 is 2.14 bits per heavy atom. The normalized spacial score (nSPS) is 16.2. The van der Waals surface area contributed by atoms with E-state index in [9.17, 15) is 0 Å². The van der Waals surface area contributed by atoms with Crippen LogP contribution < -0.4 is 4.90 Å². The number of unbranched alkanes of at least 4 members (excludes halogenated alkanes) is 4. The number of hydrogen-bond acceptors (Lipinski definition) is 1. The van der Waals surface area contributed by atoms with Crippen LogP contribution in [0.2, 0.25) is 0 Å². The van der Waals surface area contributed by atoms with Crippen LogP contribution in [-0.4, -0.2) is 19.6 Å². The van der Waals surface area contributed by atoms with Crippen molar-refractivity contribution in [3.05, 3.63) is 6.57 Å². The molecule has 0 spiro atoms. The number of rotatable bonds is 6. The molecule has 0 aromatic rings. The van der Waals surface area contributed by atoms with Gasteiger partial charge in [0.1, 0.15) is 0 Å². The van der Waals surface area contributed by atoms with E-state index in [0.717, 1.165) is 0 Å². The van der Waals surface area contributed by atoms with Gasteiger partial charge in [0.05, 0.1) is 19.6 Å². The van der Waals surface area contributed by atoms with Crippen molar-refractivity contribution >= 4 is 0 Å². The van der Waals surface area contributed by atoms with Gasteiger partial charge in [-0.2, -0.15) is 0 Å². The van der Waals surface area contributed by atoms with Gasteiger partial charge in [0.25, 0.3) is 0 Å². The molecule has 0 atom stereocenters. The van der Waals surface area contributed by atoms with Crippen molar-refractivity contribution in [3.63, 3.8) is 0 Å². The van der Waals surface area contributed by atoms with E-state index in [1.807, 2.05) is 4.90 Å². The molecule has 1 aliphatic rings. The average molecular weight is 196 g/mol. The Hall–Kier alpha value is -0.550. The maximum atomic E-state index is 6.25. The lowest BCUT2D eigenvalue weighted by molar-refractivity contribution is -0.887. The fourth-order valence-electron chi connectivity index (χ4n) is 2.10. The zero-order chi connectivity index (χ0) is 10.6. The van der Waals surface area contributed by atoms with Crippen LogP contribution in [-0.2, 0) is 0 Å². The zero-order valence-electron chi connectivity index (χ0n) is 9.52. The summed E-state index contributed by atoms with van der Waals surface area (Å²) in [5, 5.41) is 6.25. The molecule has 1 N–H and O–H groups in total. The third-order valence-corrected chi connectivity index (χ3v) is 2.94. The van der Waals surface area contributed by atoms with E-state index in [0.29, 0.717) is 0 Å². The summed E-state index contributed by atoms with van der Waals surface area (Å²) in [5.74, 6) is 0. The minimum atomic E-state index is 1.37. The van der Waals surface area contributed by atoms with Crippen molar-refractivity contribution in [2.75, 3.05) is 19.6 Å². The van der Waals surface area contributed by atoms with Gasteiger partial charge in [-0.05, 0) is 12.8 Å². The molecule has 0 aromatic carbocycles. The second-order valence-corrected chi connectivity index (χ2v) is 4.12. The van der Waals surface area contributed by atoms with E-state index in [-0.39, 0.29) is 0 Å². The van der Waals surface area contributed by atoms with Gasteiger partial charge < -0.3 is 16.7 Å². The molecule has 0 bridgehead atoms. The van der Waals surface area contributed by atoms with E-state index >= 15 is 0 Å². The summed E-state index contributed by atoms with van der Waals surface area (Å²) >= 11 is 0. The van der Waals surface area contributed by atoms with Crippen molar-refractivity contribution in [1.29, 1.82) is 5.26 Å². The molecule has 0 amide bonds. The zero-order valence-corrected chi connectivity index (χ0v) is 9.52. The molecule has 2 heteroatoms. The fourth-order valence-corrected chi connectivity index (χ4v) is 2.10.